The lowest BCUT2D eigenvalue weighted by atomic mass is 10.0. The zero-order valence-corrected chi connectivity index (χ0v) is 18.0. The molecule has 2 aliphatic rings. The molecule has 2 saturated heterocycles. The summed E-state index contributed by atoms with van der Waals surface area (Å²) in [6, 6.07) is 14.0. The van der Waals surface area contributed by atoms with Gasteiger partial charge < -0.3 is 10.2 Å². The van der Waals surface area contributed by atoms with Crippen molar-refractivity contribution in [2.24, 2.45) is 0 Å². The van der Waals surface area contributed by atoms with Crippen molar-refractivity contribution in [1.82, 2.24) is 4.90 Å². The minimum absolute atomic E-state index is 0.0699. The number of thioether (sulfide) groups is 1. The predicted molar refractivity (Wildman–Crippen MR) is 120 cm³/mol. The second kappa shape index (κ2) is 7.75. The van der Waals surface area contributed by atoms with E-state index < -0.39 is 0 Å². The summed E-state index contributed by atoms with van der Waals surface area (Å²) in [7, 11) is 0. The molecule has 2 aromatic carbocycles. The first-order chi connectivity index (χ1) is 13.9. The van der Waals surface area contributed by atoms with E-state index in [4.69, 9.17) is 0 Å². The molecule has 6 heteroatoms. The van der Waals surface area contributed by atoms with Gasteiger partial charge in [0.2, 0.25) is 5.91 Å². The Hall–Kier alpha value is -2.47. The molecule has 29 heavy (non-hydrogen) atoms. The third kappa shape index (κ3) is 3.86. The van der Waals surface area contributed by atoms with Crippen LogP contribution in [0.25, 0.3) is 0 Å². The fourth-order valence-corrected chi connectivity index (χ4v) is 5.48. The smallest absolute Gasteiger partial charge is 0.321 e. The number of carbonyl (C=O) groups excluding carboxylic acids is 2. The summed E-state index contributed by atoms with van der Waals surface area (Å²) in [5, 5.41) is 3.02. The van der Waals surface area contributed by atoms with Gasteiger partial charge in [0.05, 0.1) is 10.6 Å². The number of piperidine rings is 1. The van der Waals surface area contributed by atoms with E-state index in [0.29, 0.717) is 18.8 Å². The quantitative estimate of drug-likeness (QED) is 0.781. The van der Waals surface area contributed by atoms with Gasteiger partial charge in [-0.3, -0.25) is 9.69 Å². The van der Waals surface area contributed by atoms with Gasteiger partial charge in [-0.15, -0.1) is 11.8 Å². The molecule has 5 nitrogen and oxygen atoms in total. The van der Waals surface area contributed by atoms with Crippen molar-refractivity contribution in [2.45, 2.75) is 38.5 Å². The number of hydrogen-bond acceptors (Lipinski definition) is 3. The highest BCUT2D eigenvalue weighted by Gasteiger charge is 2.49. The molecule has 2 aromatic rings. The Labute approximate surface area is 176 Å². The third-order valence-electron chi connectivity index (χ3n) is 5.97. The van der Waals surface area contributed by atoms with Gasteiger partial charge in [-0.05, 0) is 74.6 Å². The number of nitrogens with one attached hydrogen (secondary N) is 1. The topological polar surface area (TPSA) is 52.7 Å². The third-order valence-corrected chi connectivity index (χ3v) is 7.49. The highest BCUT2D eigenvalue weighted by Crippen LogP contribution is 2.46. The second-order valence-corrected chi connectivity index (χ2v) is 9.36. The van der Waals surface area contributed by atoms with E-state index >= 15 is 0 Å². The molecule has 0 saturated carbocycles. The van der Waals surface area contributed by atoms with Crippen molar-refractivity contribution < 1.29 is 9.59 Å². The van der Waals surface area contributed by atoms with E-state index in [-0.39, 0.29) is 16.8 Å². The first-order valence-electron chi connectivity index (χ1n) is 10.0. The minimum atomic E-state index is -0.248. The number of carbonyl (C=O) groups is 2. The number of anilines is 2. The van der Waals surface area contributed by atoms with Crippen molar-refractivity contribution >= 4 is 35.1 Å². The van der Waals surface area contributed by atoms with E-state index in [1.165, 1.54) is 5.56 Å². The van der Waals surface area contributed by atoms with Crippen LogP contribution >= 0.6 is 11.8 Å². The minimum Gasteiger partial charge on any atom is -0.324 e. The van der Waals surface area contributed by atoms with Crippen LogP contribution in [0.5, 0.6) is 0 Å². The number of aryl methyl sites for hydroxylation is 3. The molecule has 0 aromatic heterocycles. The summed E-state index contributed by atoms with van der Waals surface area (Å²) in [6.07, 6.45) is 1.55. The molecule has 2 aliphatic heterocycles. The van der Waals surface area contributed by atoms with Gasteiger partial charge in [-0.2, -0.15) is 0 Å². The number of benzene rings is 2. The second-order valence-electron chi connectivity index (χ2n) is 8.02. The Kier molecular flexibility index (Phi) is 5.30. The Morgan fingerprint density at radius 3 is 2.48 bits per heavy atom. The molecule has 2 fully saturated rings. The lowest BCUT2D eigenvalue weighted by Gasteiger charge is -2.44. The van der Waals surface area contributed by atoms with Gasteiger partial charge in [0, 0.05) is 24.5 Å². The van der Waals surface area contributed by atoms with Crippen LogP contribution in [-0.4, -0.2) is 40.6 Å². The molecule has 0 aliphatic carbocycles. The maximum absolute atomic E-state index is 12.8. The Balaban J connectivity index is 1.45. The largest absolute Gasteiger partial charge is 0.324 e. The molecular formula is C23H27N3O2S. The fraction of sp³-hybridized carbons (Fsp3) is 0.391. The molecule has 1 spiro atoms. The van der Waals surface area contributed by atoms with Crippen LogP contribution in [0.3, 0.4) is 0 Å². The van der Waals surface area contributed by atoms with E-state index in [2.05, 4.69) is 18.3 Å². The van der Waals surface area contributed by atoms with Crippen molar-refractivity contribution in [3.8, 4) is 0 Å². The van der Waals surface area contributed by atoms with Crippen LogP contribution < -0.4 is 10.2 Å². The highest BCUT2D eigenvalue weighted by atomic mass is 32.2. The van der Waals surface area contributed by atoms with Gasteiger partial charge in [-0.25, -0.2) is 4.79 Å². The zero-order chi connectivity index (χ0) is 20.6. The first-order valence-corrected chi connectivity index (χ1v) is 11.0. The Morgan fingerprint density at radius 1 is 1.03 bits per heavy atom. The standard InChI is InChI=1S/C23H27N3O2S/c1-16-5-4-6-20(13-16)26-21(27)15-29-23(26)9-11-25(12-10-23)22(28)24-19-8-7-17(2)18(3)14-19/h4-8,13-14H,9-12,15H2,1-3H3,(H,24,28). The summed E-state index contributed by atoms with van der Waals surface area (Å²) in [5.41, 5.74) is 5.31. The summed E-state index contributed by atoms with van der Waals surface area (Å²) in [5.74, 6) is 0.664. The first kappa shape index (κ1) is 19.8. The summed E-state index contributed by atoms with van der Waals surface area (Å²) >= 11 is 1.72. The number of rotatable bonds is 2. The van der Waals surface area contributed by atoms with Gasteiger partial charge in [-0.1, -0.05) is 18.2 Å². The lowest BCUT2D eigenvalue weighted by Crippen LogP contribution is -2.53. The molecule has 1 N–H and O–H groups in total. The van der Waals surface area contributed by atoms with Crippen molar-refractivity contribution in [1.29, 1.82) is 0 Å². The maximum atomic E-state index is 12.8. The number of nitrogens with zero attached hydrogens (tertiary/aromatic N) is 2. The number of likely N-dealkylation sites (tertiary alicyclic amines) is 1. The summed E-state index contributed by atoms with van der Waals surface area (Å²) < 4.78 is 0. The van der Waals surface area contributed by atoms with Gasteiger partial charge >= 0.3 is 6.03 Å². The number of hydrogen-bond donors (Lipinski definition) is 1. The lowest BCUT2D eigenvalue weighted by molar-refractivity contribution is -0.116. The number of urea groups is 1. The molecule has 0 atom stereocenters. The SMILES string of the molecule is Cc1cccc(N2C(=O)CSC23CCN(C(=O)Nc2ccc(C)c(C)c2)CC3)c1. The fourth-order valence-electron chi connectivity index (χ4n) is 4.15. The van der Waals surface area contributed by atoms with Crippen molar-refractivity contribution in [2.75, 3.05) is 29.1 Å². The normalized spacial score (nSPS) is 18.4. The zero-order valence-electron chi connectivity index (χ0n) is 17.2. The monoisotopic (exact) mass is 409 g/mol. The molecule has 0 bridgehead atoms. The van der Waals surface area contributed by atoms with Crippen LogP contribution in [0.1, 0.15) is 29.5 Å². The van der Waals surface area contributed by atoms with Crippen LogP contribution in [0.4, 0.5) is 16.2 Å². The molecule has 3 amide bonds. The molecular weight excluding hydrogens is 382 g/mol. The van der Waals surface area contributed by atoms with Crippen LogP contribution in [0, 0.1) is 20.8 Å². The van der Waals surface area contributed by atoms with Crippen molar-refractivity contribution in [3.05, 3.63) is 59.2 Å². The molecule has 2 heterocycles. The summed E-state index contributed by atoms with van der Waals surface area (Å²) in [4.78, 5) is 29.0. The predicted octanol–water partition coefficient (Wildman–Crippen LogP) is 4.72. The molecule has 4 rings (SSSR count). The summed E-state index contributed by atoms with van der Waals surface area (Å²) in [6.45, 7) is 7.43. The molecule has 0 unspecified atom stereocenters. The van der Waals surface area contributed by atoms with E-state index in [9.17, 15) is 9.59 Å². The van der Waals surface area contributed by atoms with E-state index in [1.54, 1.807) is 11.8 Å². The van der Waals surface area contributed by atoms with Crippen LogP contribution in [0.2, 0.25) is 0 Å². The Bertz CT molecular complexity index is 951. The van der Waals surface area contributed by atoms with Gasteiger partial charge in [0.1, 0.15) is 0 Å². The number of amides is 3. The molecule has 0 radical (unpaired) electrons. The van der Waals surface area contributed by atoms with Gasteiger partial charge in [0.15, 0.2) is 0 Å². The average Bonchev–Trinajstić information content (AvgIpc) is 3.01. The van der Waals surface area contributed by atoms with Crippen LogP contribution in [0.15, 0.2) is 42.5 Å². The molecule has 152 valence electrons. The average molecular weight is 410 g/mol. The maximum Gasteiger partial charge on any atom is 0.321 e. The highest BCUT2D eigenvalue weighted by molar-refractivity contribution is 8.02. The Morgan fingerprint density at radius 2 is 1.79 bits per heavy atom. The van der Waals surface area contributed by atoms with Crippen molar-refractivity contribution in [3.63, 3.8) is 0 Å². The van der Waals surface area contributed by atoms with Gasteiger partial charge in [0.25, 0.3) is 0 Å². The van der Waals surface area contributed by atoms with E-state index in [0.717, 1.165) is 35.3 Å². The van der Waals surface area contributed by atoms with Crippen LogP contribution in [-0.2, 0) is 4.79 Å². The van der Waals surface area contributed by atoms with E-state index in [1.807, 2.05) is 60.0 Å².